The fourth-order valence-electron chi connectivity index (χ4n) is 2.75. The molecular weight excluding hydrogens is 203 g/mol. The van der Waals surface area contributed by atoms with Crippen molar-refractivity contribution in [3.63, 3.8) is 0 Å². The summed E-state index contributed by atoms with van der Waals surface area (Å²) in [5.74, 6) is 0. The summed E-state index contributed by atoms with van der Waals surface area (Å²) in [6, 6.07) is 0.534. The molecule has 0 bridgehead atoms. The van der Waals surface area contributed by atoms with Gasteiger partial charge in [0.05, 0.1) is 0 Å². The van der Waals surface area contributed by atoms with Crippen LogP contribution in [-0.2, 0) is 0 Å². The van der Waals surface area contributed by atoms with Gasteiger partial charge in [0.25, 0.3) is 0 Å². The molecule has 0 radical (unpaired) electrons. The van der Waals surface area contributed by atoms with Gasteiger partial charge in [0, 0.05) is 31.2 Å². The SMILES string of the molecule is CCCC1CNC(CC)(CC)CN1CCF. The molecule has 1 unspecified atom stereocenters. The highest BCUT2D eigenvalue weighted by Crippen LogP contribution is 2.24. The second-order valence-corrected chi connectivity index (χ2v) is 4.97. The molecule has 0 amide bonds. The first-order valence-electron chi connectivity index (χ1n) is 6.76. The monoisotopic (exact) mass is 230 g/mol. The molecule has 16 heavy (non-hydrogen) atoms. The molecule has 0 aliphatic carbocycles. The summed E-state index contributed by atoms with van der Waals surface area (Å²) < 4.78 is 12.6. The van der Waals surface area contributed by atoms with Crippen LogP contribution in [0.3, 0.4) is 0 Å². The largest absolute Gasteiger partial charge is 0.308 e. The summed E-state index contributed by atoms with van der Waals surface area (Å²) in [6.07, 6.45) is 4.62. The highest BCUT2D eigenvalue weighted by molar-refractivity contribution is 4.96. The predicted molar refractivity (Wildman–Crippen MR) is 67.6 cm³/mol. The standard InChI is InChI=1S/C13H27FN2/c1-4-7-12-10-15-13(5-2,6-3)11-16(12)9-8-14/h12,15H,4-11H2,1-3H3. The van der Waals surface area contributed by atoms with Crippen LogP contribution in [-0.4, -0.2) is 42.8 Å². The van der Waals surface area contributed by atoms with E-state index in [4.69, 9.17) is 0 Å². The predicted octanol–water partition coefficient (Wildman–Crippen LogP) is 2.59. The molecule has 96 valence electrons. The minimum Gasteiger partial charge on any atom is -0.308 e. The number of nitrogens with one attached hydrogen (secondary N) is 1. The lowest BCUT2D eigenvalue weighted by molar-refractivity contribution is 0.0630. The van der Waals surface area contributed by atoms with Gasteiger partial charge in [0.2, 0.25) is 0 Å². The molecule has 1 atom stereocenters. The van der Waals surface area contributed by atoms with Gasteiger partial charge < -0.3 is 5.32 Å². The summed E-state index contributed by atoms with van der Waals surface area (Å²) in [5, 5.41) is 3.69. The summed E-state index contributed by atoms with van der Waals surface area (Å²) in [6.45, 7) is 9.07. The Bertz CT molecular complexity index is 192. The molecule has 1 aliphatic rings. The topological polar surface area (TPSA) is 15.3 Å². The number of alkyl halides is 1. The zero-order valence-corrected chi connectivity index (χ0v) is 11.1. The molecule has 3 heteroatoms. The van der Waals surface area contributed by atoms with Gasteiger partial charge >= 0.3 is 0 Å². The van der Waals surface area contributed by atoms with E-state index in [1.807, 2.05) is 0 Å². The van der Waals surface area contributed by atoms with Crippen LogP contribution in [0.2, 0.25) is 0 Å². The molecule has 1 saturated heterocycles. The first-order valence-corrected chi connectivity index (χ1v) is 6.76. The molecule has 1 rings (SSSR count). The van der Waals surface area contributed by atoms with E-state index < -0.39 is 0 Å². The molecule has 1 heterocycles. The molecule has 0 saturated carbocycles. The van der Waals surface area contributed by atoms with Gasteiger partial charge in [-0.05, 0) is 19.3 Å². The van der Waals surface area contributed by atoms with E-state index in [-0.39, 0.29) is 12.2 Å². The lowest BCUT2D eigenvalue weighted by Gasteiger charge is -2.47. The molecule has 0 aromatic heterocycles. The van der Waals surface area contributed by atoms with Crippen LogP contribution in [0.15, 0.2) is 0 Å². The average molecular weight is 230 g/mol. The number of halogens is 1. The summed E-state index contributed by atoms with van der Waals surface area (Å²) in [4.78, 5) is 2.35. The van der Waals surface area contributed by atoms with Gasteiger partial charge in [0.1, 0.15) is 6.67 Å². The Morgan fingerprint density at radius 1 is 1.31 bits per heavy atom. The van der Waals surface area contributed by atoms with Gasteiger partial charge in [-0.15, -0.1) is 0 Å². The van der Waals surface area contributed by atoms with Crippen LogP contribution >= 0.6 is 0 Å². The van der Waals surface area contributed by atoms with Crippen LogP contribution < -0.4 is 5.32 Å². The van der Waals surface area contributed by atoms with Crippen molar-refractivity contribution in [1.29, 1.82) is 0 Å². The molecule has 0 aromatic carbocycles. The molecule has 0 aromatic rings. The number of hydrogen-bond donors (Lipinski definition) is 1. The Morgan fingerprint density at radius 2 is 2.00 bits per heavy atom. The third kappa shape index (κ3) is 3.17. The molecule has 0 spiro atoms. The zero-order valence-electron chi connectivity index (χ0n) is 11.1. The van der Waals surface area contributed by atoms with E-state index in [9.17, 15) is 4.39 Å². The maximum absolute atomic E-state index is 12.6. The maximum Gasteiger partial charge on any atom is 0.102 e. The Hall–Kier alpha value is -0.150. The Morgan fingerprint density at radius 3 is 2.50 bits per heavy atom. The van der Waals surface area contributed by atoms with Crippen molar-refractivity contribution >= 4 is 0 Å². The lowest BCUT2D eigenvalue weighted by Crippen LogP contribution is -2.64. The van der Waals surface area contributed by atoms with Crippen molar-refractivity contribution in [3.05, 3.63) is 0 Å². The third-order valence-corrected chi connectivity index (χ3v) is 4.08. The molecule has 1 fully saturated rings. The Balaban J connectivity index is 2.63. The smallest absolute Gasteiger partial charge is 0.102 e. The van der Waals surface area contributed by atoms with Gasteiger partial charge in [-0.2, -0.15) is 0 Å². The second kappa shape index (κ2) is 6.55. The summed E-state index contributed by atoms with van der Waals surface area (Å²) >= 11 is 0. The summed E-state index contributed by atoms with van der Waals surface area (Å²) in [7, 11) is 0. The molecule has 2 nitrogen and oxygen atoms in total. The molecular formula is C13H27FN2. The second-order valence-electron chi connectivity index (χ2n) is 4.97. The van der Waals surface area contributed by atoms with Crippen LogP contribution in [0.1, 0.15) is 46.5 Å². The quantitative estimate of drug-likeness (QED) is 0.754. The Kier molecular flexibility index (Phi) is 5.70. The summed E-state index contributed by atoms with van der Waals surface area (Å²) in [5.41, 5.74) is 0.222. The number of hydrogen-bond acceptors (Lipinski definition) is 2. The van der Waals surface area contributed by atoms with Crippen molar-refractivity contribution in [3.8, 4) is 0 Å². The van der Waals surface area contributed by atoms with Gasteiger partial charge in [0.15, 0.2) is 0 Å². The van der Waals surface area contributed by atoms with Crippen LogP contribution in [0.25, 0.3) is 0 Å². The van der Waals surface area contributed by atoms with E-state index in [0.717, 1.165) is 25.9 Å². The zero-order chi connectivity index (χ0) is 12.0. The average Bonchev–Trinajstić information content (AvgIpc) is 2.32. The first kappa shape index (κ1) is 13.9. The van der Waals surface area contributed by atoms with Crippen molar-refractivity contribution in [2.45, 2.75) is 58.0 Å². The van der Waals surface area contributed by atoms with Crippen LogP contribution in [0.4, 0.5) is 4.39 Å². The van der Waals surface area contributed by atoms with Gasteiger partial charge in [-0.25, -0.2) is 4.39 Å². The van der Waals surface area contributed by atoms with E-state index in [1.54, 1.807) is 0 Å². The maximum atomic E-state index is 12.6. The van der Waals surface area contributed by atoms with Gasteiger partial charge in [-0.1, -0.05) is 27.2 Å². The van der Waals surface area contributed by atoms with E-state index in [2.05, 4.69) is 31.0 Å². The molecule has 1 N–H and O–H groups in total. The lowest BCUT2D eigenvalue weighted by atomic mass is 9.88. The number of piperazine rings is 1. The van der Waals surface area contributed by atoms with E-state index in [0.29, 0.717) is 12.6 Å². The fraction of sp³-hybridized carbons (Fsp3) is 1.00. The van der Waals surface area contributed by atoms with Crippen LogP contribution in [0.5, 0.6) is 0 Å². The normalized spacial score (nSPS) is 25.9. The van der Waals surface area contributed by atoms with Gasteiger partial charge in [-0.3, -0.25) is 4.90 Å². The fourth-order valence-corrected chi connectivity index (χ4v) is 2.75. The first-order chi connectivity index (χ1) is 7.71. The van der Waals surface area contributed by atoms with Crippen molar-refractivity contribution in [1.82, 2.24) is 10.2 Å². The highest BCUT2D eigenvalue weighted by Gasteiger charge is 2.35. The van der Waals surface area contributed by atoms with E-state index >= 15 is 0 Å². The van der Waals surface area contributed by atoms with E-state index in [1.165, 1.54) is 12.8 Å². The third-order valence-electron chi connectivity index (χ3n) is 4.08. The van der Waals surface area contributed by atoms with Crippen molar-refractivity contribution < 1.29 is 4.39 Å². The van der Waals surface area contributed by atoms with Crippen molar-refractivity contribution in [2.75, 3.05) is 26.3 Å². The Labute approximate surface area is 99.6 Å². The molecule has 1 aliphatic heterocycles. The number of nitrogens with zero attached hydrogens (tertiary/aromatic N) is 1. The highest BCUT2D eigenvalue weighted by atomic mass is 19.1. The number of rotatable bonds is 6. The van der Waals surface area contributed by atoms with Crippen molar-refractivity contribution in [2.24, 2.45) is 0 Å². The minimum absolute atomic E-state index is 0.219. The van der Waals surface area contributed by atoms with Crippen LogP contribution in [0, 0.1) is 0 Å². The minimum atomic E-state index is -0.219.